The van der Waals surface area contributed by atoms with Crippen molar-refractivity contribution >= 4 is 11.6 Å². The predicted octanol–water partition coefficient (Wildman–Crippen LogP) is 1.67. The van der Waals surface area contributed by atoms with Crippen molar-refractivity contribution in [3.63, 3.8) is 0 Å². The first kappa shape index (κ1) is 10.3. The molecule has 0 fully saturated rings. The highest BCUT2D eigenvalue weighted by Gasteiger charge is 2.42. The molecule has 0 aromatic carbocycles. The van der Waals surface area contributed by atoms with E-state index in [1.807, 2.05) is 0 Å². The second-order valence-corrected chi connectivity index (χ2v) is 2.83. The maximum Gasteiger partial charge on any atom is 0.421 e. The minimum atomic E-state index is -4.72. The molecule has 0 spiro atoms. The number of nitrogens with zero attached hydrogens (tertiary/aromatic N) is 2. The molecule has 0 bridgehead atoms. The average molecular weight is 215 g/mol. The van der Waals surface area contributed by atoms with Crippen LogP contribution in [0.15, 0.2) is 6.20 Å². The van der Waals surface area contributed by atoms with Crippen LogP contribution in [0.3, 0.4) is 0 Å². The highest BCUT2D eigenvalue weighted by atomic mass is 35.5. The third-order valence-corrected chi connectivity index (χ3v) is 1.87. The van der Waals surface area contributed by atoms with Crippen LogP contribution in [0.4, 0.5) is 13.2 Å². The van der Waals surface area contributed by atoms with Gasteiger partial charge in [-0.3, -0.25) is 0 Å². The average Bonchev–Trinajstić information content (AvgIpc) is 2.30. The van der Waals surface area contributed by atoms with E-state index >= 15 is 0 Å². The highest BCUT2D eigenvalue weighted by molar-refractivity contribution is 6.29. The van der Waals surface area contributed by atoms with Crippen LogP contribution in [-0.2, 0) is 7.05 Å². The summed E-state index contributed by atoms with van der Waals surface area (Å²) in [6, 6.07) is 0. The number of aromatic nitrogens is 2. The second kappa shape index (κ2) is 3.19. The lowest BCUT2D eigenvalue weighted by atomic mass is 10.3. The molecule has 0 unspecified atom stereocenters. The van der Waals surface area contributed by atoms with Crippen molar-refractivity contribution in [2.75, 3.05) is 0 Å². The van der Waals surface area contributed by atoms with E-state index in [0.717, 1.165) is 10.8 Å². The number of hydrogen-bond donors (Lipinski definition) is 1. The molecule has 0 radical (unpaired) electrons. The first-order valence-corrected chi connectivity index (χ1v) is 3.63. The fourth-order valence-electron chi connectivity index (χ4n) is 0.802. The monoisotopic (exact) mass is 214 g/mol. The van der Waals surface area contributed by atoms with Crippen LogP contribution in [0.2, 0.25) is 5.15 Å². The molecule has 13 heavy (non-hydrogen) atoms. The van der Waals surface area contributed by atoms with Gasteiger partial charge in [0.15, 0.2) is 0 Å². The molecular weight excluding hydrogens is 209 g/mol. The Balaban J connectivity index is 3.02. The molecule has 1 rings (SSSR count). The third-order valence-electron chi connectivity index (χ3n) is 1.52. The summed E-state index contributed by atoms with van der Waals surface area (Å²) in [6.45, 7) is 0. The minimum Gasteiger partial charge on any atom is -0.377 e. The van der Waals surface area contributed by atoms with Crippen molar-refractivity contribution in [3.8, 4) is 0 Å². The van der Waals surface area contributed by atoms with Gasteiger partial charge in [-0.05, 0) is 0 Å². The van der Waals surface area contributed by atoms with Crippen LogP contribution >= 0.6 is 11.6 Å². The third kappa shape index (κ3) is 1.94. The van der Waals surface area contributed by atoms with Gasteiger partial charge >= 0.3 is 6.18 Å². The first-order chi connectivity index (χ1) is 5.84. The SMILES string of the molecule is Cn1c(Cl)cnc1[C@H](O)C(F)(F)F. The summed E-state index contributed by atoms with van der Waals surface area (Å²) in [5, 5.41) is 8.82. The number of alkyl halides is 3. The highest BCUT2D eigenvalue weighted by Crippen LogP contribution is 2.32. The van der Waals surface area contributed by atoms with Gasteiger partial charge in [-0.2, -0.15) is 13.2 Å². The van der Waals surface area contributed by atoms with Gasteiger partial charge in [-0.15, -0.1) is 0 Å². The van der Waals surface area contributed by atoms with Crippen molar-refractivity contribution < 1.29 is 18.3 Å². The zero-order valence-corrected chi connectivity index (χ0v) is 7.26. The molecule has 74 valence electrons. The van der Waals surface area contributed by atoms with Gasteiger partial charge in [0.05, 0.1) is 6.20 Å². The van der Waals surface area contributed by atoms with E-state index in [2.05, 4.69) is 4.98 Å². The summed E-state index contributed by atoms with van der Waals surface area (Å²) in [6.07, 6.45) is -6.26. The Morgan fingerprint density at radius 3 is 2.46 bits per heavy atom. The standard InChI is InChI=1S/C6H6ClF3N2O/c1-12-3(7)2-11-5(12)4(13)6(8,9)10/h2,4,13H,1H3/t4-/m0/s1. The van der Waals surface area contributed by atoms with Crippen molar-refractivity contribution in [3.05, 3.63) is 17.2 Å². The van der Waals surface area contributed by atoms with Crippen molar-refractivity contribution in [2.45, 2.75) is 12.3 Å². The Kier molecular flexibility index (Phi) is 2.53. The molecule has 0 amide bonds. The fraction of sp³-hybridized carbons (Fsp3) is 0.500. The molecular formula is C6H6ClF3N2O. The number of rotatable bonds is 1. The van der Waals surface area contributed by atoms with Crippen LogP contribution < -0.4 is 0 Å². The quantitative estimate of drug-likeness (QED) is 0.772. The maximum absolute atomic E-state index is 12.0. The van der Waals surface area contributed by atoms with Crippen LogP contribution in [-0.4, -0.2) is 20.8 Å². The Morgan fingerprint density at radius 2 is 2.15 bits per heavy atom. The van der Waals surface area contributed by atoms with E-state index in [4.69, 9.17) is 16.7 Å². The number of aliphatic hydroxyl groups excluding tert-OH is 1. The van der Waals surface area contributed by atoms with Gasteiger partial charge in [0, 0.05) is 7.05 Å². The summed E-state index contributed by atoms with van der Waals surface area (Å²) in [4.78, 5) is 3.34. The molecule has 0 aliphatic heterocycles. The van der Waals surface area contributed by atoms with Gasteiger partial charge in [0.2, 0.25) is 6.10 Å². The number of imidazole rings is 1. The smallest absolute Gasteiger partial charge is 0.377 e. The maximum atomic E-state index is 12.0. The van der Waals surface area contributed by atoms with Crippen LogP contribution in [0.25, 0.3) is 0 Å². The van der Waals surface area contributed by atoms with Crippen molar-refractivity contribution in [1.82, 2.24) is 9.55 Å². The van der Waals surface area contributed by atoms with Gasteiger partial charge in [-0.25, -0.2) is 4.98 Å². The molecule has 0 aliphatic carbocycles. The van der Waals surface area contributed by atoms with Crippen molar-refractivity contribution in [1.29, 1.82) is 0 Å². The molecule has 1 atom stereocenters. The zero-order valence-electron chi connectivity index (χ0n) is 6.51. The lowest BCUT2D eigenvalue weighted by molar-refractivity contribution is -0.209. The number of halogens is 4. The lowest BCUT2D eigenvalue weighted by Gasteiger charge is -2.13. The molecule has 0 saturated carbocycles. The number of hydrogen-bond acceptors (Lipinski definition) is 2. The van der Waals surface area contributed by atoms with Gasteiger partial charge < -0.3 is 9.67 Å². The van der Waals surface area contributed by atoms with E-state index < -0.39 is 18.1 Å². The summed E-state index contributed by atoms with van der Waals surface area (Å²) in [5.41, 5.74) is 0. The summed E-state index contributed by atoms with van der Waals surface area (Å²) in [7, 11) is 1.29. The fourth-order valence-corrected chi connectivity index (χ4v) is 0.938. The van der Waals surface area contributed by atoms with E-state index in [1.165, 1.54) is 7.05 Å². The van der Waals surface area contributed by atoms with Crippen LogP contribution in [0.5, 0.6) is 0 Å². The predicted molar refractivity (Wildman–Crippen MR) is 39.2 cm³/mol. The summed E-state index contributed by atoms with van der Waals surface area (Å²) >= 11 is 5.45. The molecule has 7 heteroatoms. The lowest BCUT2D eigenvalue weighted by Crippen LogP contribution is -2.23. The molecule has 1 aromatic heterocycles. The largest absolute Gasteiger partial charge is 0.421 e. The van der Waals surface area contributed by atoms with E-state index in [9.17, 15) is 13.2 Å². The second-order valence-electron chi connectivity index (χ2n) is 2.44. The molecule has 3 nitrogen and oxygen atoms in total. The van der Waals surface area contributed by atoms with E-state index in [1.54, 1.807) is 0 Å². The molecule has 1 aromatic rings. The topological polar surface area (TPSA) is 38.0 Å². The van der Waals surface area contributed by atoms with Gasteiger partial charge in [0.25, 0.3) is 0 Å². The van der Waals surface area contributed by atoms with Gasteiger partial charge in [0.1, 0.15) is 11.0 Å². The molecule has 1 heterocycles. The van der Waals surface area contributed by atoms with Crippen molar-refractivity contribution in [2.24, 2.45) is 7.05 Å². The molecule has 0 aliphatic rings. The zero-order chi connectivity index (χ0) is 10.2. The Morgan fingerprint density at radius 1 is 1.62 bits per heavy atom. The van der Waals surface area contributed by atoms with Crippen LogP contribution in [0.1, 0.15) is 11.9 Å². The summed E-state index contributed by atoms with van der Waals surface area (Å²) < 4.78 is 36.9. The Bertz CT molecular complexity index is 309. The first-order valence-electron chi connectivity index (χ1n) is 3.26. The van der Waals surface area contributed by atoms with Gasteiger partial charge in [-0.1, -0.05) is 11.6 Å². The Labute approximate surface area is 76.8 Å². The Hall–Kier alpha value is -0.750. The van der Waals surface area contributed by atoms with E-state index in [-0.39, 0.29) is 5.15 Å². The molecule has 0 saturated heterocycles. The number of aliphatic hydroxyl groups is 1. The minimum absolute atomic E-state index is 0.0401. The normalized spacial score (nSPS) is 14.6. The summed E-state index contributed by atoms with van der Waals surface area (Å²) in [5.74, 6) is -0.516. The van der Waals surface area contributed by atoms with Crippen LogP contribution in [0, 0.1) is 0 Å². The van der Waals surface area contributed by atoms with E-state index in [0.29, 0.717) is 0 Å². The molecule has 1 N–H and O–H groups in total.